The Morgan fingerprint density at radius 1 is 1.11 bits per heavy atom. The summed E-state index contributed by atoms with van der Waals surface area (Å²) in [5.41, 5.74) is 1.16. The maximum absolute atomic E-state index is 5.91. The van der Waals surface area contributed by atoms with Crippen LogP contribution in [0, 0.1) is 6.92 Å². The first kappa shape index (κ1) is 13.6. The van der Waals surface area contributed by atoms with Crippen LogP contribution in [-0.2, 0) is 0 Å². The van der Waals surface area contributed by atoms with E-state index in [1.807, 2.05) is 13.0 Å². The van der Waals surface area contributed by atoms with Gasteiger partial charge in [0.15, 0.2) is 0 Å². The molecule has 0 aromatic carbocycles. The predicted octanol–water partition coefficient (Wildman–Crippen LogP) is 2.36. The van der Waals surface area contributed by atoms with Gasteiger partial charge in [-0.3, -0.25) is 4.90 Å². The van der Waals surface area contributed by atoms with E-state index < -0.39 is 0 Å². The summed E-state index contributed by atoms with van der Waals surface area (Å²) in [6, 6.07) is 2.00. The zero-order chi connectivity index (χ0) is 13.3. The average Bonchev–Trinajstić information content (AvgIpc) is 2.27. The van der Waals surface area contributed by atoms with E-state index in [2.05, 4.69) is 40.5 Å². The minimum atomic E-state index is 0.241. The van der Waals surface area contributed by atoms with Crippen LogP contribution in [0.5, 0.6) is 0 Å². The third kappa shape index (κ3) is 3.12. The average molecular weight is 269 g/mol. The summed E-state index contributed by atoms with van der Waals surface area (Å²) in [7, 11) is 0. The lowest BCUT2D eigenvalue weighted by atomic mass is 10.1. The van der Waals surface area contributed by atoms with E-state index in [-0.39, 0.29) is 5.54 Å². The topological polar surface area (TPSA) is 32.3 Å². The molecule has 0 aliphatic carbocycles. The van der Waals surface area contributed by atoms with Crippen molar-refractivity contribution >= 4 is 17.4 Å². The van der Waals surface area contributed by atoms with Crippen molar-refractivity contribution in [2.45, 2.75) is 33.2 Å². The zero-order valence-corrected chi connectivity index (χ0v) is 12.3. The van der Waals surface area contributed by atoms with Gasteiger partial charge in [0.25, 0.3) is 0 Å². The van der Waals surface area contributed by atoms with Crippen molar-refractivity contribution in [2.75, 3.05) is 31.1 Å². The SMILES string of the molecule is Cc1cc(N2CCN(C(C)(C)C)CC2)nc(Cl)n1. The highest BCUT2D eigenvalue weighted by Gasteiger charge is 2.26. The molecule has 1 aromatic heterocycles. The number of anilines is 1. The molecule has 18 heavy (non-hydrogen) atoms. The number of nitrogens with zero attached hydrogens (tertiary/aromatic N) is 4. The van der Waals surface area contributed by atoms with E-state index in [9.17, 15) is 0 Å². The molecule has 0 radical (unpaired) electrons. The van der Waals surface area contributed by atoms with Crippen molar-refractivity contribution in [1.82, 2.24) is 14.9 Å². The normalized spacial score (nSPS) is 18.2. The van der Waals surface area contributed by atoms with Crippen molar-refractivity contribution in [3.8, 4) is 0 Å². The highest BCUT2D eigenvalue weighted by molar-refractivity contribution is 6.28. The summed E-state index contributed by atoms with van der Waals surface area (Å²) < 4.78 is 0. The minimum absolute atomic E-state index is 0.241. The van der Waals surface area contributed by atoms with Gasteiger partial charge in [0.2, 0.25) is 5.28 Å². The summed E-state index contributed by atoms with van der Waals surface area (Å²) >= 11 is 5.91. The fourth-order valence-electron chi connectivity index (χ4n) is 2.28. The fourth-order valence-corrected chi connectivity index (χ4v) is 2.50. The first-order chi connectivity index (χ1) is 8.36. The van der Waals surface area contributed by atoms with Gasteiger partial charge in [0, 0.05) is 43.5 Å². The largest absolute Gasteiger partial charge is 0.354 e. The van der Waals surface area contributed by atoms with Crippen molar-refractivity contribution in [2.24, 2.45) is 0 Å². The van der Waals surface area contributed by atoms with Gasteiger partial charge in [-0.05, 0) is 39.3 Å². The number of aryl methyl sites for hydroxylation is 1. The van der Waals surface area contributed by atoms with Gasteiger partial charge in [0.1, 0.15) is 5.82 Å². The van der Waals surface area contributed by atoms with E-state index in [4.69, 9.17) is 11.6 Å². The molecule has 5 heteroatoms. The number of halogens is 1. The van der Waals surface area contributed by atoms with Gasteiger partial charge in [-0.15, -0.1) is 0 Å². The smallest absolute Gasteiger partial charge is 0.224 e. The Balaban J connectivity index is 2.05. The molecule has 1 aromatic rings. The molecule has 2 rings (SSSR count). The van der Waals surface area contributed by atoms with Gasteiger partial charge < -0.3 is 4.90 Å². The van der Waals surface area contributed by atoms with Crippen molar-refractivity contribution in [3.63, 3.8) is 0 Å². The molecule has 1 saturated heterocycles. The van der Waals surface area contributed by atoms with Crippen LogP contribution in [0.2, 0.25) is 5.28 Å². The molecule has 4 nitrogen and oxygen atoms in total. The van der Waals surface area contributed by atoms with Crippen LogP contribution in [0.4, 0.5) is 5.82 Å². The van der Waals surface area contributed by atoms with Gasteiger partial charge in [0.05, 0.1) is 0 Å². The molecule has 0 bridgehead atoms. The maximum Gasteiger partial charge on any atom is 0.224 e. The molecule has 1 aliphatic heterocycles. The molecule has 1 fully saturated rings. The van der Waals surface area contributed by atoms with Crippen LogP contribution in [-0.4, -0.2) is 46.6 Å². The van der Waals surface area contributed by atoms with E-state index >= 15 is 0 Å². The van der Waals surface area contributed by atoms with E-state index in [1.165, 1.54) is 0 Å². The number of piperazine rings is 1. The van der Waals surface area contributed by atoms with Gasteiger partial charge in [-0.25, -0.2) is 9.97 Å². The lowest BCUT2D eigenvalue weighted by Crippen LogP contribution is -2.53. The van der Waals surface area contributed by atoms with E-state index in [1.54, 1.807) is 0 Å². The Hall–Kier alpha value is -0.870. The molecule has 0 N–H and O–H groups in total. The minimum Gasteiger partial charge on any atom is -0.354 e. The van der Waals surface area contributed by atoms with Crippen LogP contribution >= 0.6 is 11.6 Å². The van der Waals surface area contributed by atoms with Crippen molar-refractivity contribution in [1.29, 1.82) is 0 Å². The summed E-state index contributed by atoms with van der Waals surface area (Å²) in [6.45, 7) is 12.8. The number of hydrogen-bond donors (Lipinski definition) is 0. The first-order valence-electron chi connectivity index (χ1n) is 6.37. The molecular weight excluding hydrogens is 248 g/mol. The van der Waals surface area contributed by atoms with Crippen LogP contribution in [0.15, 0.2) is 6.07 Å². The fraction of sp³-hybridized carbons (Fsp3) is 0.692. The van der Waals surface area contributed by atoms with Gasteiger partial charge >= 0.3 is 0 Å². The van der Waals surface area contributed by atoms with E-state index in [0.717, 1.165) is 37.7 Å². The summed E-state index contributed by atoms with van der Waals surface area (Å²) in [5, 5.41) is 0.336. The van der Waals surface area contributed by atoms with Crippen LogP contribution < -0.4 is 4.90 Å². The Morgan fingerprint density at radius 2 is 1.72 bits per heavy atom. The van der Waals surface area contributed by atoms with Crippen LogP contribution in [0.3, 0.4) is 0 Å². The maximum atomic E-state index is 5.91. The molecule has 0 atom stereocenters. The zero-order valence-electron chi connectivity index (χ0n) is 11.6. The molecule has 0 spiro atoms. The van der Waals surface area contributed by atoms with E-state index in [0.29, 0.717) is 5.28 Å². The van der Waals surface area contributed by atoms with Gasteiger partial charge in [-0.2, -0.15) is 0 Å². The van der Waals surface area contributed by atoms with Crippen molar-refractivity contribution < 1.29 is 0 Å². The van der Waals surface area contributed by atoms with Crippen LogP contribution in [0.1, 0.15) is 26.5 Å². The second-order valence-corrected chi connectivity index (χ2v) is 6.12. The van der Waals surface area contributed by atoms with Crippen LogP contribution in [0.25, 0.3) is 0 Å². The molecule has 0 unspecified atom stereocenters. The Kier molecular flexibility index (Phi) is 3.78. The molecule has 100 valence electrons. The summed E-state index contributed by atoms with van der Waals surface area (Å²) in [5.74, 6) is 0.945. The highest BCUT2D eigenvalue weighted by Crippen LogP contribution is 2.20. The number of aromatic nitrogens is 2. The van der Waals surface area contributed by atoms with Gasteiger partial charge in [-0.1, -0.05) is 0 Å². The number of hydrogen-bond acceptors (Lipinski definition) is 4. The molecule has 1 aliphatic rings. The Labute approximate surface area is 114 Å². The highest BCUT2D eigenvalue weighted by atomic mass is 35.5. The van der Waals surface area contributed by atoms with Crippen molar-refractivity contribution in [3.05, 3.63) is 17.0 Å². The quantitative estimate of drug-likeness (QED) is 0.732. The first-order valence-corrected chi connectivity index (χ1v) is 6.75. The molecular formula is C13H21ClN4. The third-order valence-electron chi connectivity index (χ3n) is 3.37. The Bertz CT molecular complexity index is 399. The molecule has 2 heterocycles. The molecule has 0 saturated carbocycles. The lowest BCUT2D eigenvalue weighted by Gasteiger charge is -2.42. The lowest BCUT2D eigenvalue weighted by molar-refractivity contribution is 0.128. The standard InChI is InChI=1S/C13H21ClN4/c1-10-9-11(16-12(14)15-10)17-5-7-18(8-6-17)13(2,3)4/h9H,5-8H2,1-4H3. The predicted molar refractivity (Wildman–Crippen MR) is 75.3 cm³/mol. The second-order valence-electron chi connectivity index (χ2n) is 5.78. The second kappa shape index (κ2) is 5.02. The monoisotopic (exact) mass is 268 g/mol. The molecule has 0 amide bonds. The Morgan fingerprint density at radius 3 is 2.22 bits per heavy atom. The third-order valence-corrected chi connectivity index (χ3v) is 3.53. The summed E-state index contributed by atoms with van der Waals surface area (Å²) in [6.07, 6.45) is 0. The summed E-state index contributed by atoms with van der Waals surface area (Å²) in [4.78, 5) is 13.2. The number of rotatable bonds is 1.